The number of sulfone groups is 1. The average molecular weight is 281 g/mol. The third kappa shape index (κ3) is 3.19. The maximum atomic E-state index is 13.7. The molecule has 0 amide bonds. The fraction of sp³-hybridized carbons (Fsp3) is 0.0833. The minimum Gasteiger partial charge on any atom is -0.397 e. The highest BCUT2D eigenvalue weighted by atomic mass is 32.2. The Balaban J connectivity index is 2.28. The van der Waals surface area contributed by atoms with Gasteiger partial charge in [0.1, 0.15) is 16.5 Å². The first-order valence-corrected chi connectivity index (χ1v) is 7.23. The standard InChI is InChI=1S/C12H12FN3O2S/c1-19(17,18)11-4-3-9(6-10(11)13)16-12-5-2-8(14)7-15-12/h2-7H,14H2,1H3,(H,15,16). The van der Waals surface area contributed by atoms with E-state index >= 15 is 0 Å². The molecule has 0 atom stereocenters. The Hall–Kier alpha value is -2.15. The van der Waals surface area contributed by atoms with Gasteiger partial charge in [0, 0.05) is 11.9 Å². The van der Waals surface area contributed by atoms with Crippen LogP contribution >= 0.6 is 0 Å². The number of benzene rings is 1. The second kappa shape index (κ2) is 4.85. The number of hydrogen-bond donors (Lipinski definition) is 2. The summed E-state index contributed by atoms with van der Waals surface area (Å²) in [4.78, 5) is 3.67. The van der Waals surface area contributed by atoms with Crippen molar-refractivity contribution in [3.05, 3.63) is 42.3 Å². The summed E-state index contributed by atoms with van der Waals surface area (Å²) >= 11 is 0. The molecule has 1 aromatic heterocycles. The van der Waals surface area contributed by atoms with Crippen molar-refractivity contribution in [2.45, 2.75) is 4.90 Å². The molecule has 0 spiro atoms. The van der Waals surface area contributed by atoms with Gasteiger partial charge in [0.25, 0.3) is 0 Å². The average Bonchev–Trinajstić information content (AvgIpc) is 2.30. The number of nitrogens with two attached hydrogens (primary N) is 1. The lowest BCUT2D eigenvalue weighted by Crippen LogP contribution is -2.02. The molecule has 0 saturated heterocycles. The van der Waals surface area contributed by atoms with Crippen molar-refractivity contribution in [2.75, 3.05) is 17.3 Å². The van der Waals surface area contributed by atoms with Crippen molar-refractivity contribution < 1.29 is 12.8 Å². The Labute approximate surface area is 110 Å². The molecule has 0 unspecified atom stereocenters. The molecule has 7 heteroatoms. The van der Waals surface area contributed by atoms with Gasteiger partial charge in [-0.25, -0.2) is 17.8 Å². The number of rotatable bonds is 3. The number of hydrogen-bond acceptors (Lipinski definition) is 5. The molecule has 0 bridgehead atoms. The highest BCUT2D eigenvalue weighted by Crippen LogP contribution is 2.21. The van der Waals surface area contributed by atoms with E-state index in [9.17, 15) is 12.8 Å². The van der Waals surface area contributed by atoms with Crippen molar-refractivity contribution >= 4 is 27.0 Å². The van der Waals surface area contributed by atoms with Crippen LogP contribution in [0, 0.1) is 5.82 Å². The van der Waals surface area contributed by atoms with Crippen LogP contribution < -0.4 is 11.1 Å². The number of nitrogen functional groups attached to an aromatic ring is 1. The van der Waals surface area contributed by atoms with Gasteiger partial charge in [0.15, 0.2) is 9.84 Å². The zero-order valence-corrected chi connectivity index (χ0v) is 10.9. The first-order valence-electron chi connectivity index (χ1n) is 5.34. The number of aromatic nitrogens is 1. The third-order valence-corrected chi connectivity index (χ3v) is 3.52. The van der Waals surface area contributed by atoms with Crippen molar-refractivity contribution in [3.8, 4) is 0 Å². The molecule has 0 saturated carbocycles. The zero-order chi connectivity index (χ0) is 14.0. The molecule has 0 fully saturated rings. The molecule has 0 aliphatic carbocycles. The Morgan fingerprint density at radius 3 is 2.53 bits per heavy atom. The molecule has 100 valence electrons. The minimum absolute atomic E-state index is 0.330. The van der Waals surface area contributed by atoms with Gasteiger partial charge in [-0.1, -0.05) is 0 Å². The summed E-state index contributed by atoms with van der Waals surface area (Å²) in [7, 11) is -3.56. The van der Waals surface area contributed by atoms with Crippen molar-refractivity contribution in [1.29, 1.82) is 0 Å². The Morgan fingerprint density at radius 2 is 2.00 bits per heavy atom. The molecule has 3 N–H and O–H groups in total. The molecule has 19 heavy (non-hydrogen) atoms. The van der Waals surface area contributed by atoms with Crippen LogP contribution in [-0.2, 0) is 9.84 Å². The molecule has 0 aliphatic heterocycles. The Morgan fingerprint density at radius 1 is 1.26 bits per heavy atom. The van der Waals surface area contributed by atoms with Crippen LogP contribution in [0.15, 0.2) is 41.4 Å². The molecule has 5 nitrogen and oxygen atoms in total. The second-order valence-electron chi connectivity index (χ2n) is 4.02. The van der Waals surface area contributed by atoms with Crippen molar-refractivity contribution in [1.82, 2.24) is 4.98 Å². The van der Waals surface area contributed by atoms with E-state index in [-0.39, 0.29) is 4.90 Å². The minimum atomic E-state index is -3.56. The van der Waals surface area contributed by atoms with Gasteiger partial charge in [-0.2, -0.15) is 0 Å². The summed E-state index contributed by atoms with van der Waals surface area (Å²) in [6.45, 7) is 0. The normalized spacial score (nSPS) is 11.3. The maximum Gasteiger partial charge on any atom is 0.178 e. The van der Waals surface area contributed by atoms with Crippen LogP contribution in [0.3, 0.4) is 0 Å². The zero-order valence-electron chi connectivity index (χ0n) is 10.1. The highest BCUT2D eigenvalue weighted by molar-refractivity contribution is 7.90. The molecular weight excluding hydrogens is 269 g/mol. The van der Waals surface area contributed by atoms with E-state index in [2.05, 4.69) is 10.3 Å². The van der Waals surface area contributed by atoms with E-state index in [1.165, 1.54) is 18.3 Å². The van der Waals surface area contributed by atoms with E-state index in [4.69, 9.17) is 5.73 Å². The summed E-state index contributed by atoms with van der Waals surface area (Å²) in [5, 5.41) is 2.85. The second-order valence-corrected chi connectivity index (χ2v) is 6.00. The molecule has 1 heterocycles. The number of nitrogens with one attached hydrogen (secondary N) is 1. The number of anilines is 3. The summed E-state index contributed by atoms with van der Waals surface area (Å²) in [6, 6.07) is 7.07. The van der Waals surface area contributed by atoms with Crippen LogP contribution in [-0.4, -0.2) is 19.7 Å². The molecule has 1 aromatic carbocycles. The van der Waals surface area contributed by atoms with Gasteiger partial charge < -0.3 is 11.1 Å². The van der Waals surface area contributed by atoms with Crippen LogP contribution in [0.4, 0.5) is 21.6 Å². The first-order chi connectivity index (χ1) is 8.86. The van der Waals surface area contributed by atoms with E-state index in [1.54, 1.807) is 12.1 Å². The molecule has 0 aliphatic rings. The van der Waals surface area contributed by atoms with Gasteiger partial charge in [-0.05, 0) is 30.3 Å². The van der Waals surface area contributed by atoms with Gasteiger partial charge >= 0.3 is 0 Å². The number of nitrogens with zero attached hydrogens (tertiary/aromatic N) is 1. The van der Waals surface area contributed by atoms with E-state index in [0.29, 0.717) is 17.2 Å². The fourth-order valence-electron chi connectivity index (χ4n) is 1.51. The highest BCUT2D eigenvalue weighted by Gasteiger charge is 2.13. The topological polar surface area (TPSA) is 85.1 Å². The molecule has 0 radical (unpaired) electrons. The van der Waals surface area contributed by atoms with E-state index in [0.717, 1.165) is 12.3 Å². The van der Waals surface area contributed by atoms with Gasteiger partial charge in [0.05, 0.1) is 11.9 Å². The lowest BCUT2D eigenvalue weighted by atomic mass is 10.3. The maximum absolute atomic E-state index is 13.7. The predicted octanol–water partition coefficient (Wildman–Crippen LogP) is 1.95. The first kappa shape index (κ1) is 13.3. The SMILES string of the molecule is CS(=O)(=O)c1ccc(Nc2ccc(N)cn2)cc1F. The summed E-state index contributed by atoms with van der Waals surface area (Å²) in [6.07, 6.45) is 2.42. The smallest absolute Gasteiger partial charge is 0.178 e. The molecule has 2 rings (SSSR count). The van der Waals surface area contributed by atoms with E-state index < -0.39 is 15.7 Å². The van der Waals surface area contributed by atoms with Crippen LogP contribution in [0.25, 0.3) is 0 Å². The summed E-state index contributed by atoms with van der Waals surface area (Å²) < 4.78 is 36.2. The third-order valence-electron chi connectivity index (χ3n) is 2.39. The quantitative estimate of drug-likeness (QED) is 0.898. The Kier molecular flexibility index (Phi) is 3.39. The van der Waals surface area contributed by atoms with Crippen LogP contribution in [0.1, 0.15) is 0 Å². The van der Waals surface area contributed by atoms with Crippen LogP contribution in [0.2, 0.25) is 0 Å². The molecular formula is C12H12FN3O2S. The van der Waals surface area contributed by atoms with Crippen molar-refractivity contribution in [3.63, 3.8) is 0 Å². The van der Waals surface area contributed by atoms with Gasteiger partial charge in [0.2, 0.25) is 0 Å². The monoisotopic (exact) mass is 281 g/mol. The largest absolute Gasteiger partial charge is 0.397 e. The van der Waals surface area contributed by atoms with Gasteiger partial charge in [-0.3, -0.25) is 0 Å². The lowest BCUT2D eigenvalue weighted by molar-refractivity contribution is 0.571. The number of pyridine rings is 1. The van der Waals surface area contributed by atoms with E-state index in [1.807, 2.05) is 0 Å². The summed E-state index contributed by atoms with van der Waals surface area (Å²) in [5.41, 5.74) is 6.42. The molecule has 2 aromatic rings. The van der Waals surface area contributed by atoms with Gasteiger partial charge in [-0.15, -0.1) is 0 Å². The predicted molar refractivity (Wildman–Crippen MR) is 71.4 cm³/mol. The lowest BCUT2D eigenvalue weighted by Gasteiger charge is -2.07. The Bertz CT molecular complexity index is 699. The number of halogens is 1. The van der Waals surface area contributed by atoms with Crippen molar-refractivity contribution in [2.24, 2.45) is 0 Å². The summed E-state index contributed by atoms with van der Waals surface area (Å²) in [5.74, 6) is -0.316. The fourth-order valence-corrected chi connectivity index (χ4v) is 2.23. The van der Waals surface area contributed by atoms with Crippen LogP contribution in [0.5, 0.6) is 0 Å².